The summed E-state index contributed by atoms with van der Waals surface area (Å²) in [4.78, 5) is 13.8. The molecular weight excluding hydrogens is 274 g/mol. The third-order valence-corrected chi connectivity index (χ3v) is 3.52. The van der Waals surface area contributed by atoms with E-state index in [1.54, 1.807) is 0 Å². The lowest BCUT2D eigenvalue weighted by Gasteiger charge is -2.15. The molecule has 0 saturated carbocycles. The number of esters is 1. The topological polar surface area (TPSA) is 29.5 Å². The summed E-state index contributed by atoms with van der Waals surface area (Å²) >= 11 is 0. The van der Waals surface area contributed by atoms with Gasteiger partial charge in [0.1, 0.15) is 0 Å². The predicted molar refractivity (Wildman–Crippen MR) is 88.7 cm³/mol. The van der Waals surface area contributed by atoms with Crippen LogP contribution in [0.4, 0.5) is 0 Å². The zero-order valence-corrected chi connectivity index (χ0v) is 13.1. The summed E-state index contributed by atoms with van der Waals surface area (Å²) < 4.78 is 5.29. The maximum absolute atomic E-state index is 11.8. The van der Waals surface area contributed by atoms with Crippen molar-refractivity contribution in [2.45, 2.75) is 12.8 Å². The van der Waals surface area contributed by atoms with Gasteiger partial charge in [-0.15, -0.1) is 0 Å². The highest BCUT2D eigenvalue weighted by Crippen LogP contribution is 2.02. The van der Waals surface area contributed by atoms with E-state index in [0.717, 1.165) is 19.4 Å². The minimum Gasteiger partial charge on any atom is -0.464 e. The Morgan fingerprint density at radius 1 is 0.909 bits per heavy atom. The molecule has 3 heteroatoms. The van der Waals surface area contributed by atoms with Gasteiger partial charge >= 0.3 is 5.97 Å². The Kier molecular flexibility index (Phi) is 6.65. The molecule has 0 aliphatic rings. The molecule has 2 rings (SSSR count). The molecular formula is C19H23NO2. The molecule has 0 aliphatic heterocycles. The van der Waals surface area contributed by atoms with E-state index in [0.29, 0.717) is 13.2 Å². The van der Waals surface area contributed by atoms with E-state index in [1.165, 1.54) is 11.1 Å². The first-order chi connectivity index (χ1) is 10.7. The maximum Gasteiger partial charge on any atom is 0.320 e. The molecule has 3 nitrogen and oxygen atoms in total. The minimum atomic E-state index is -0.161. The predicted octanol–water partition coefficient (Wildman–Crippen LogP) is 2.95. The molecule has 0 amide bonds. The van der Waals surface area contributed by atoms with Gasteiger partial charge in [0.25, 0.3) is 0 Å². The summed E-state index contributed by atoms with van der Waals surface area (Å²) in [5.41, 5.74) is 2.47. The number of benzene rings is 2. The molecule has 0 fully saturated rings. The largest absolute Gasteiger partial charge is 0.464 e. The Balaban J connectivity index is 1.62. The average Bonchev–Trinajstić information content (AvgIpc) is 2.55. The molecule has 0 bridgehead atoms. The van der Waals surface area contributed by atoms with Crippen molar-refractivity contribution in [1.29, 1.82) is 0 Å². The highest BCUT2D eigenvalue weighted by molar-refractivity contribution is 5.71. The lowest BCUT2D eigenvalue weighted by Crippen LogP contribution is -2.29. The molecule has 0 atom stereocenters. The van der Waals surface area contributed by atoms with Crippen molar-refractivity contribution in [1.82, 2.24) is 4.90 Å². The quantitative estimate of drug-likeness (QED) is 0.702. The molecule has 0 radical (unpaired) electrons. The Bertz CT molecular complexity index is 554. The number of hydrogen-bond acceptors (Lipinski definition) is 3. The molecule has 22 heavy (non-hydrogen) atoms. The zero-order chi connectivity index (χ0) is 15.6. The van der Waals surface area contributed by atoms with Gasteiger partial charge in [0.2, 0.25) is 0 Å². The van der Waals surface area contributed by atoms with E-state index in [1.807, 2.05) is 60.5 Å². The number of carbonyl (C=O) groups excluding carboxylic acids is 1. The van der Waals surface area contributed by atoms with Crippen molar-refractivity contribution in [3.8, 4) is 0 Å². The molecule has 0 spiro atoms. The van der Waals surface area contributed by atoms with Gasteiger partial charge in [0.05, 0.1) is 13.2 Å². The van der Waals surface area contributed by atoms with Crippen LogP contribution in [0.1, 0.15) is 11.1 Å². The number of hydrogen-bond donors (Lipinski definition) is 0. The Morgan fingerprint density at radius 3 is 2.05 bits per heavy atom. The van der Waals surface area contributed by atoms with Crippen LogP contribution >= 0.6 is 0 Å². The number of ether oxygens (including phenoxy) is 1. The smallest absolute Gasteiger partial charge is 0.320 e. The van der Waals surface area contributed by atoms with Crippen LogP contribution in [-0.2, 0) is 22.4 Å². The minimum absolute atomic E-state index is 0.161. The summed E-state index contributed by atoms with van der Waals surface area (Å²) in [6.07, 6.45) is 1.70. The number of nitrogens with zero attached hydrogens (tertiary/aromatic N) is 1. The molecule has 2 aromatic rings. The SMILES string of the molecule is CN(CCc1ccccc1)CC(=O)OCCc1ccccc1. The summed E-state index contributed by atoms with van der Waals surface area (Å²) in [7, 11) is 1.95. The van der Waals surface area contributed by atoms with Crippen LogP contribution in [0.15, 0.2) is 60.7 Å². The summed E-state index contributed by atoms with van der Waals surface area (Å²) in [5.74, 6) is -0.161. The molecule has 0 saturated heterocycles. The second kappa shape index (κ2) is 9.00. The first kappa shape index (κ1) is 16.2. The van der Waals surface area contributed by atoms with Crippen molar-refractivity contribution in [3.63, 3.8) is 0 Å². The van der Waals surface area contributed by atoms with E-state index in [4.69, 9.17) is 4.74 Å². The van der Waals surface area contributed by atoms with Gasteiger partial charge in [-0.3, -0.25) is 9.69 Å². The van der Waals surface area contributed by atoms with Gasteiger partial charge in [0.15, 0.2) is 0 Å². The number of carbonyl (C=O) groups is 1. The summed E-state index contributed by atoms with van der Waals surface area (Å²) in [5, 5.41) is 0. The fourth-order valence-electron chi connectivity index (χ4n) is 2.24. The van der Waals surface area contributed by atoms with Crippen LogP contribution in [0.3, 0.4) is 0 Å². The first-order valence-electron chi connectivity index (χ1n) is 7.66. The van der Waals surface area contributed by atoms with E-state index < -0.39 is 0 Å². The monoisotopic (exact) mass is 297 g/mol. The van der Waals surface area contributed by atoms with Crippen LogP contribution < -0.4 is 0 Å². The fraction of sp³-hybridized carbons (Fsp3) is 0.316. The summed E-state index contributed by atoms with van der Waals surface area (Å²) in [6, 6.07) is 20.3. The Morgan fingerprint density at radius 2 is 1.45 bits per heavy atom. The third kappa shape index (κ3) is 6.10. The van der Waals surface area contributed by atoms with Crippen molar-refractivity contribution in [3.05, 3.63) is 71.8 Å². The van der Waals surface area contributed by atoms with Crippen molar-refractivity contribution in [2.75, 3.05) is 26.7 Å². The van der Waals surface area contributed by atoms with E-state index in [9.17, 15) is 4.79 Å². The van der Waals surface area contributed by atoms with Crippen LogP contribution in [-0.4, -0.2) is 37.6 Å². The van der Waals surface area contributed by atoms with Crippen molar-refractivity contribution in [2.24, 2.45) is 0 Å². The first-order valence-corrected chi connectivity index (χ1v) is 7.66. The number of likely N-dealkylation sites (N-methyl/N-ethyl adjacent to an activating group) is 1. The molecule has 116 valence electrons. The average molecular weight is 297 g/mol. The molecule has 2 aromatic carbocycles. The van der Waals surface area contributed by atoms with Crippen LogP contribution in [0, 0.1) is 0 Å². The summed E-state index contributed by atoms with van der Waals surface area (Å²) in [6.45, 7) is 1.62. The van der Waals surface area contributed by atoms with Crippen molar-refractivity contribution >= 4 is 5.97 Å². The molecule has 0 aliphatic carbocycles. The van der Waals surface area contributed by atoms with Gasteiger partial charge in [-0.1, -0.05) is 60.7 Å². The van der Waals surface area contributed by atoms with Crippen LogP contribution in [0.2, 0.25) is 0 Å². The highest BCUT2D eigenvalue weighted by atomic mass is 16.5. The lowest BCUT2D eigenvalue weighted by molar-refractivity contribution is -0.144. The standard InChI is InChI=1S/C19H23NO2/c1-20(14-12-17-8-4-2-5-9-17)16-19(21)22-15-13-18-10-6-3-7-11-18/h2-11H,12-16H2,1H3. The van der Waals surface area contributed by atoms with E-state index >= 15 is 0 Å². The van der Waals surface area contributed by atoms with Crippen LogP contribution in [0.25, 0.3) is 0 Å². The number of rotatable bonds is 8. The molecule has 0 unspecified atom stereocenters. The van der Waals surface area contributed by atoms with Crippen LogP contribution in [0.5, 0.6) is 0 Å². The molecule has 0 aromatic heterocycles. The lowest BCUT2D eigenvalue weighted by atomic mass is 10.1. The Labute approximate surface area is 132 Å². The zero-order valence-electron chi connectivity index (χ0n) is 13.1. The van der Waals surface area contributed by atoms with E-state index in [2.05, 4.69) is 12.1 Å². The second-order valence-corrected chi connectivity index (χ2v) is 5.43. The molecule has 0 N–H and O–H groups in total. The van der Waals surface area contributed by atoms with E-state index in [-0.39, 0.29) is 5.97 Å². The van der Waals surface area contributed by atoms with Gasteiger partial charge in [-0.2, -0.15) is 0 Å². The highest BCUT2D eigenvalue weighted by Gasteiger charge is 2.07. The van der Waals surface area contributed by atoms with Gasteiger partial charge in [-0.25, -0.2) is 0 Å². The maximum atomic E-state index is 11.8. The normalized spacial score (nSPS) is 10.6. The second-order valence-electron chi connectivity index (χ2n) is 5.43. The molecule has 0 heterocycles. The fourth-order valence-corrected chi connectivity index (χ4v) is 2.24. The van der Waals surface area contributed by atoms with Gasteiger partial charge < -0.3 is 4.74 Å². The van der Waals surface area contributed by atoms with Crippen molar-refractivity contribution < 1.29 is 9.53 Å². The Hall–Kier alpha value is -2.13. The van der Waals surface area contributed by atoms with Gasteiger partial charge in [-0.05, 0) is 24.6 Å². The van der Waals surface area contributed by atoms with Gasteiger partial charge in [0, 0.05) is 13.0 Å². The third-order valence-electron chi connectivity index (χ3n) is 3.52.